The molecule has 1 fully saturated rings. The highest BCUT2D eigenvalue weighted by molar-refractivity contribution is 5.05. The van der Waals surface area contributed by atoms with E-state index in [0.717, 1.165) is 24.3 Å². The zero-order chi connectivity index (χ0) is 8.65. The summed E-state index contributed by atoms with van der Waals surface area (Å²) in [7, 11) is 0. The van der Waals surface area contributed by atoms with Crippen LogP contribution in [0.2, 0.25) is 0 Å². The summed E-state index contributed by atoms with van der Waals surface area (Å²) in [6.07, 6.45) is 1.36. The van der Waals surface area contributed by atoms with Crippen LogP contribution in [0.4, 0.5) is 0 Å². The van der Waals surface area contributed by atoms with E-state index in [4.69, 9.17) is 5.73 Å². The van der Waals surface area contributed by atoms with Crippen molar-refractivity contribution in [1.29, 1.82) is 0 Å². The lowest BCUT2D eigenvalue weighted by atomic mass is 10.0. The first kappa shape index (κ1) is 9.05. The third-order valence-electron chi connectivity index (χ3n) is 3.27. The maximum atomic E-state index is 5.68. The van der Waals surface area contributed by atoms with Crippen molar-refractivity contribution < 1.29 is 0 Å². The fraction of sp³-hybridized carbons (Fsp3) is 1.00. The Hall–Kier alpha value is -0.0400. The molecule has 2 N–H and O–H groups in total. The van der Waals surface area contributed by atoms with Crippen LogP contribution in [0.1, 0.15) is 34.1 Å². The minimum atomic E-state index is 0.541. The average molecular weight is 155 g/mol. The van der Waals surface area contributed by atoms with E-state index in [0.29, 0.717) is 5.41 Å². The molecule has 1 aliphatic carbocycles. The molecule has 1 saturated carbocycles. The summed E-state index contributed by atoms with van der Waals surface area (Å²) >= 11 is 0. The van der Waals surface area contributed by atoms with Crippen LogP contribution in [-0.4, -0.2) is 6.54 Å². The normalized spacial score (nSPS) is 34.4. The van der Waals surface area contributed by atoms with Crippen molar-refractivity contribution in [3.63, 3.8) is 0 Å². The molecule has 0 aromatic heterocycles. The van der Waals surface area contributed by atoms with E-state index in [9.17, 15) is 0 Å². The van der Waals surface area contributed by atoms with Gasteiger partial charge in [-0.3, -0.25) is 0 Å². The van der Waals surface area contributed by atoms with Crippen LogP contribution in [0.3, 0.4) is 0 Å². The van der Waals surface area contributed by atoms with Gasteiger partial charge < -0.3 is 5.73 Å². The number of nitrogens with two attached hydrogens (primary N) is 1. The molecule has 0 spiro atoms. The molecule has 0 amide bonds. The maximum Gasteiger partial charge on any atom is -0.00408 e. The molecule has 0 aromatic carbocycles. The van der Waals surface area contributed by atoms with Gasteiger partial charge in [0.05, 0.1) is 0 Å². The minimum absolute atomic E-state index is 0.541. The van der Waals surface area contributed by atoms with E-state index < -0.39 is 0 Å². The molecule has 0 aliphatic heterocycles. The Morgan fingerprint density at radius 3 is 2.09 bits per heavy atom. The summed E-state index contributed by atoms with van der Waals surface area (Å²) < 4.78 is 0. The maximum absolute atomic E-state index is 5.68. The molecule has 1 heteroatoms. The monoisotopic (exact) mass is 155 g/mol. The number of rotatable bonds is 3. The highest BCUT2D eigenvalue weighted by Crippen LogP contribution is 2.60. The van der Waals surface area contributed by atoms with Crippen LogP contribution in [0.5, 0.6) is 0 Å². The molecule has 0 heterocycles. The van der Waals surface area contributed by atoms with E-state index in [2.05, 4.69) is 27.7 Å². The fourth-order valence-corrected chi connectivity index (χ4v) is 2.30. The second kappa shape index (κ2) is 2.78. The summed E-state index contributed by atoms with van der Waals surface area (Å²) in [6, 6.07) is 0. The van der Waals surface area contributed by atoms with Gasteiger partial charge in [0.15, 0.2) is 0 Å². The van der Waals surface area contributed by atoms with Crippen molar-refractivity contribution in [2.24, 2.45) is 28.9 Å². The standard InChI is InChI=1S/C10H21N/c1-7(2)5-8-9(6-11)10(8,3)4/h7-9H,5-6,11H2,1-4H3/t8-,9+/m0/s1. The van der Waals surface area contributed by atoms with Crippen LogP contribution in [0, 0.1) is 23.2 Å². The smallest absolute Gasteiger partial charge is 0.00408 e. The number of hydrogen-bond donors (Lipinski definition) is 1. The second-order valence-electron chi connectivity index (χ2n) is 4.90. The third kappa shape index (κ3) is 1.58. The van der Waals surface area contributed by atoms with E-state index in [1.807, 2.05) is 0 Å². The van der Waals surface area contributed by atoms with E-state index in [-0.39, 0.29) is 0 Å². The van der Waals surface area contributed by atoms with Crippen LogP contribution in [-0.2, 0) is 0 Å². The zero-order valence-electron chi connectivity index (χ0n) is 8.22. The average Bonchev–Trinajstić information content (AvgIpc) is 2.33. The van der Waals surface area contributed by atoms with Gasteiger partial charge in [0.2, 0.25) is 0 Å². The van der Waals surface area contributed by atoms with Crippen molar-refractivity contribution in [3.05, 3.63) is 0 Å². The Balaban J connectivity index is 2.39. The highest BCUT2D eigenvalue weighted by Gasteiger charge is 2.55. The molecule has 1 aliphatic rings. The molecule has 0 saturated heterocycles. The second-order valence-corrected chi connectivity index (χ2v) is 4.90. The molecule has 11 heavy (non-hydrogen) atoms. The van der Waals surface area contributed by atoms with Gasteiger partial charge in [-0.25, -0.2) is 0 Å². The summed E-state index contributed by atoms with van der Waals surface area (Å²) in [6.45, 7) is 10.2. The summed E-state index contributed by atoms with van der Waals surface area (Å²) in [4.78, 5) is 0. The van der Waals surface area contributed by atoms with Crippen molar-refractivity contribution >= 4 is 0 Å². The molecular formula is C10H21N. The first-order valence-corrected chi connectivity index (χ1v) is 4.70. The van der Waals surface area contributed by atoms with E-state index >= 15 is 0 Å². The molecule has 0 radical (unpaired) electrons. The summed E-state index contributed by atoms with van der Waals surface area (Å²) in [5.74, 6) is 2.52. The lowest BCUT2D eigenvalue weighted by Gasteiger charge is -2.04. The van der Waals surface area contributed by atoms with Crippen molar-refractivity contribution in [2.75, 3.05) is 6.54 Å². The van der Waals surface area contributed by atoms with Gasteiger partial charge in [-0.1, -0.05) is 27.7 Å². The molecular weight excluding hydrogens is 134 g/mol. The van der Waals surface area contributed by atoms with Gasteiger partial charge in [-0.15, -0.1) is 0 Å². The van der Waals surface area contributed by atoms with Gasteiger partial charge in [-0.05, 0) is 36.1 Å². The zero-order valence-corrected chi connectivity index (χ0v) is 8.22. The molecule has 2 atom stereocenters. The van der Waals surface area contributed by atoms with Gasteiger partial charge in [-0.2, -0.15) is 0 Å². The summed E-state index contributed by atoms with van der Waals surface area (Å²) in [5, 5.41) is 0. The lowest BCUT2D eigenvalue weighted by molar-refractivity contribution is 0.462. The lowest BCUT2D eigenvalue weighted by Crippen LogP contribution is -2.05. The predicted molar refractivity (Wildman–Crippen MR) is 49.3 cm³/mol. The van der Waals surface area contributed by atoms with Gasteiger partial charge in [0, 0.05) is 0 Å². The van der Waals surface area contributed by atoms with E-state index in [1.54, 1.807) is 0 Å². The first-order chi connectivity index (χ1) is 5.00. The van der Waals surface area contributed by atoms with Gasteiger partial charge >= 0.3 is 0 Å². The Labute approximate surface area is 70.4 Å². The summed E-state index contributed by atoms with van der Waals surface area (Å²) in [5.41, 5.74) is 6.22. The largest absolute Gasteiger partial charge is 0.330 e. The first-order valence-electron chi connectivity index (χ1n) is 4.70. The van der Waals surface area contributed by atoms with Gasteiger partial charge in [0.1, 0.15) is 0 Å². The highest BCUT2D eigenvalue weighted by atomic mass is 14.7. The third-order valence-corrected chi connectivity index (χ3v) is 3.27. The van der Waals surface area contributed by atoms with Gasteiger partial charge in [0.25, 0.3) is 0 Å². The van der Waals surface area contributed by atoms with E-state index in [1.165, 1.54) is 6.42 Å². The predicted octanol–water partition coefficient (Wildman–Crippen LogP) is 2.26. The SMILES string of the molecule is CC(C)C[C@H]1[C@@H](CN)C1(C)C. The minimum Gasteiger partial charge on any atom is -0.330 e. The Kier molecular flexibility index (Phi) is 2.29. The van der Waals surface area contributed by atoms with Crippen molar-refractivity contribution in [1.82, 2.24) is 0 Å². The molecule has 1 rings (SSSR count). The van der Waals surface area contributed by atoms with Crippen molar-refractivity contribution in [3.8, 4) is 0 Å². The fourth-order valence-electron chi connectivity index (χ4n) is 2.30. The van der Waals surface area contributed by atoms with Crippen LogP contribution in [0.15, 0.2) is 0 Å². The van der Waals surface area contributed by atoms with Crippen LogP contribution >= 0.6 is 0 Å². The molecule has 0 unspecified atom stereocenters. The van der Waals surface area contributed by atoms with Crippen LogP contribution < -0.4 is 5.73 Å². The molecule has 66 valence electrons. The quantitative estimate of drug-likeness (QED) is 0.664. The van der Waals surface area contributed by atoms with Crippen LogP contribution in [0.25, 0.3) is 0 Å². The topological polar surface area (TPSA) is 26.0 Å². The Morgan fingerprint density at radius 1 is 1.27 bits per heavy atom. The number of hydrogen-bond acceptors (Lipinski definition) is 1. The molecule has 1 nitrogen and oxygen atoms in total. The Bertz CT molecular complexity index is 138. The van der Waals surface area contributed by atoms with Crippen molar-refractivity contribution in [2.45, 2.75) is 34.1 Å². The molecule has 0 bridgehead atoms. The Morgan fingerprint density at radius 2 is 1.82 bits per heavy atom. The molecule has 0 aromatic rings.